The van der Waals surface area contributed by atoms with Gasteiger partial charge in [0.1, 0.15) is 4.21 Å². The molecule has 6 heteroatoms. The lowest BCUT2D eigenvalue weighted by molar-refractivity contribution is 0.282. The second-order valence-corrected chi connectivity index (χ2v) is 6.39. The summed E-state index contributed by atoms with van der Waals surface area (Å²) < 4.78 is 22.4. The van der Waals surface area contributed by atoms with Crippen LogP contribution in [0, 0.1) is 0 Å². The largest absolute Gasteiger partial charge is 0.392 e. The van der Waals surface area contributed by atoms with Gasteiger partial charge in [-0.2, -0.15) is 0 Å². The van der Waals surface area contributed by atoms with Gasteiger partial charge in [0.05, 0.1) is 6.61 Å². The van der Waals surface area contributed by atoms with Crippen molar-refractivity contribution in [2.45, 2.75) is 10.8 Å². The van der Waals surface area contributed by atoms with Gasteiger partial charge in [0.25, 0.3) is 0 Å². The van der Waals surface area contributed by atoms with Gasteiger partial charge in [-0.05, 0) is 29.3 Å². The number of aliphatic hydroxyl groups is 1. The van der Waals surface area contributed by atoms with Crippen LogP contribution in [0.15, 0.2) is 40.6 Å². The molecule has 0 radical (unpaired) electrons. The van der Waals surface area contributed by atoms with Gasteiger partial charge in [0, 0.05) is 4.88 Å². The number of aliphatic hydroxyl groups excluding tert-OH is 1. The average molecular weight is 269 g/mol. The number of benzene rings is 1. The van der Waals surface area contributed by atoms with Crippen molar-refractivity contribution < 1.29 is 13.5 Å². The van der Waals surface area contributed by atoms with E-state index in [1.54, 1.807) is 12.1 Å². The topological polar surface area (TPSA) is 80.4 Å². The van der Waals surface area contributed by atoms with Gasteiger partial charge in [-0.25, -0.2) is 13.6 Å². The zero-order valence-corrected chi connectivity index (χ0v) is 10.5. The Bertz CT molecular complexity index is 632. The van der Waals surface area contributed by atoms with Crippen molar-refractivity contribution in [3.05, 3.63) is 42.0 Å². The molecule has 0 aliphatic carbocycles. The van der Waals surface area contributed by atoms with Crippen molar-refractivity contribution in [1.82, 2.24) is 0 Å². The molecule has 0 aliphatic heterocycles. The monoisotopic (exact) mass is 269 g/mol. The van der Waals surface area contributed by atoms with E-state index in [0.717, 1.165) is 27.3 Å². The first-order valence-corrected chi connectivity index (χ1v) is 7.20. The summed E-state index contributed by atoms with van der Waals surface area (Å²) in [5.41, 5.74) is 1.66. The van der Waals surface area contributed by atoms with E-state index in [1.165, 1.54) is 6.07 Å². The van der Waals surface area contributed by atoms with Crippen LogP contribution < -0.4 is 5.14 Å². The molecule has 0 saturated carbocycles. The van der Waals surface area contributed by atoms with Gasteiger partial charge >= 0.3 is 0 Å². The summed E-state index contributed by atoms with van der Waals surface area (Å²) in [7, 11) is -3.64. The molecule has 17 heavy (non-hydrogen) atoms. The molecule has 0 saturated heterocycles. The van der Waals surface area contributed by atoms with Gasteiger partial charge in [-0.1, -0.05) is 18.2 Å². The molecule has 90 valence electrons. The average Bonchev–Trinajstić information content (AvgIpc) is 2.78. The third kappa shape index (κ3) is 2.73. The molecule has 4 nitrogen and oxygen atoms in total. The van der Waals surface area contributed by atoms with Crippen LogP contribution in [-0.4, -0.2) is 13.5 Å². The molecule has 1 aromatic carbocycles. The summed E-state index contributed by atoms with van der Waals surface area (Å²) in [6, 6.07) is 10.5. The zero-order valence-electron chi connectivity index (χ0n) is 8.83. The predicted octanol–water partition coefficient (Wildman–Crippen LogP) is 1.55. The van der Waals surface area contributed by atoms with Gasteiger partial charge in [0.2, 0.25) is 10.0 Å². The lowest BCUT2D eigenvalue weighted by atomic mass is 10.1. The molecule has 0 fully saturated rings. The van der Waals surface area contributed by atoms with Crippen molar-refractivity contribution in [1.29, 1.82) is 0 Å². The fourth-order valence-electron chi connectivity index (χ4n) is 1.45. The van der Waals surface area contributed by atoms with Crippen LogP contribution >= 0.6 is 11.3 Å². The van der Waals surface area contributed by atoms with Crippen molar-refractivity contribution in [2.75, 3.05) is 0 Å². The van der Waals surface area contributed by atoms with E-state index in [-0.39, 0.29) is 10.8 Å². The molecule has 3 N–H and O–H groups in total. The molecule has 2 aromatic rings. The third-order valence-corrected chi connectivity index (χ3v) is 4.83. The summed E-state index contributed by atoms with van der Waals surface area (Å²) in [5.74, 6) is 0. The Hall–Kier alpha value is -1.21. The van der Waals surface area contributed by atoms with Crippen LogP contribution in [0.1, 0.15) is 5.56 Å². The first-order chi connectivity index (χ1) is 8.00. The Morgan fingerprint density at radius 3 is 2.59 bits per heavy atom. The minimum absolute atomic E-state index is 0.0404. The third-order valence-electron chi connectivity index (χ3n) is 2.26. The number of rotatable bonds is 3. The maximum Gasteiger partial charge on any atom is 0.247 e. The van der Waals surface area contributed by atoms with Gasteiger partial charge in [0.15, 0.2) is 0 Å². The smallest absolute Gasteiger partial charge is 0.247 e. The molecule has 0 bridgehead atoms. The van der Waals surface area contributed by atoms with Crippen LogP contribution in [-0.2, 0) is 16.6 Å². The molecular weight excluding hydrogens is 258 g/mol. The minimum atomic E-state index is -3.64. The first kappa shape index (κ1) is 12.3. The molecule has 0 unspecified atom stereocenters. The molecule has 0 aliphatic rings. The van der Waals surface area contributed by atoms with Crippen LogP contribution in [0.2, 0.25) is 0 Å². The summed E-state index contributed by atoms with van der Waals surface area (Å²) in [6.45, 7) is -0.0404. The van der Waals surface area contributed by atoms with E-state index in [9.17, 15) is 8.42 Å². The van der Waals surface area contributed by atoms with Crippen LogP contribution in [0.3, 0.4) is 0 Å². The highest BCUT2D eigenvalue weighted by Gasteiger charge is 2.12. The number of hydrogen-bond acceptors (Lipinski definition) is 4. The second kappa shape index (κ2) is 4.58. The highest BCUT2D eigenvalue weighted by Crippen LogP contribution is 2.30. The number of thiophene rings is 1. The number of nitrogens with two attached hydrogens (primary N) is 1. The van der Waals surface area contributed by atoms with Gasteiger partial charge < -0.3 is 5.11 Å². The molecule has 0 spiro atoms. The Balaban J connectivity index is 2.43. The maximum absolute atomic E-state index is 11.1. The van der Waals surface area contributed by atoms with Crippen molar-refractivity contribution in [3.8, 4) is 10.4 Å². The Morgan fingerprint density at radius 1 is 1.24 bits per heavy atom. The molecule has 1 aromatic heterocycles. The predicted molar refractivity (Wildman–Crippen MR) is 67.1 cm³/mol. The molecule has 0 amide bonds. The van der Waals surface area contributed by atoms with Crippen LogP contribution in [0.5, 0.6) is 0 Å². The lowest BCUT2D eigenvalue weighted by Crippen LogP contribution is -2.09. The van der Waals surface area contributed by atoms with E-state index in [2.05, 4.69) is 0 Å². The summed E-state index contributed by atoms with van der Waals surface area (Å²) in [4.78, 5) is 0.810. The summed E-state index contributed by atoms with van der Waals surface area (Å²) >= 11 is 1.12. The number of sulfonamides is 1. The van der Waals surface area contributed by atoms with Gasteiger partial charge in [-0.15, -0.1) is 11.3 Å². The minimum Gasteiger partial charge on any atom is -0.392 e. The van der Waals surface area contributed by atoms with Crippen molar-refractivity contribution in [3.63, 3.8) is 0 Å². The highest BCUT2D eigenvalue weighted by molar-refractivity contribution is 7.91. The highest BCUT2D eigenvalue weighted by atomic mass is 32.2. The van der Waals surface area contributed by atoms with E-state index >= 15 is 0 Å². The van der Waals surface area contributed by atoms with E-state index in [4.69, 9.17) is 10.2 Å². The van der Waals surface area contributed by atoms with E-state index in [0.29, 0.717) is 0 Å². The standard InChI is InChI=1S/C11H11NO3S2/c12-17(14,15)11-5-4-10(16-11)9-3-1-2-8(6-9)7-13/h1-6,13H,7H2,(H2,12,14,15). The van der Waals surface area contributed by atoms with Crippen LogP contribution in [0.25, 0.3) is 10.4 Å². The number of hydrogen-bond donors (Lipinski definition) is 2. The maximum atomic E-state index is 11.1. The first-order valence-electron chi connectivity index (χ1n) is 4.83. The van der Waals surface area contributed by atoms with Crippen LogP contribution in [0.4, 0.5) is 0 Å². The van der Waals surface area contributed by atoms with E-state index in [1.807, 2.05) is 18.2 Å². The second-order valence-electron chi connectivity index (χ2n) is 3.52. The van der Waals surface area contributed by atoms with Gasteiger partial charge in [-0.3, -0.25) is 0 Å². The fourth-order valence-corrected chi connectivity index (χ4v) is 3.18. The van der Waals surface area contributed by atoms with Crippen molar-refractivity contribution in [2.24, 2.45) is 5.14 Å². The zero-order chi connectivity index (χ0) is 12.5. The Kier molecular flexibility index (Phi) is 3.30. The molecule has 0 atom stereocenters. The molecule has 1 heterocycles. The quantitative estimate of drug-likeness (QED) is 0.887. The summed E-state index contributed by atoms with van der Waals surface area (Å²) in [6.07, 6.45) is 0. The summed E-state index contributed by atoms with van der Waals surface area (Å²) in [5, 5.41) is 14.1. The van der Waals surface area contributed by atoms with E-state index < -0.39 is 10.0 Å². The normalized spacial score (nSPS) is 11.6. The number of primary sulfonamides is 1. The Morgan fingerprint density at radius 2 is 2.00 bits per heavy atom. The lowest BCUT2D eigenvalue weighted by Gasteiger charge is -2.00. The fraction of sp³-hybridized carbons (Fsp3) is 0.0909. The molecule has 2 rings (SSSR count). The Labute approximate surface area is 103 Å². The SMILES string of the molecule is NS(=O)(=O)c1ccc(-c2cccc(CO)c2)s1. The molecular formula is C11H11NO3S2. The van der Waals surface area contributed by atoms with Crippen molar-refractivity contribution >= 4 is 21.4 Å².